The van der Waals surface area contributed by atoms with Gasteiger partial charge in [-0.1, -0.05) is 0 Å². The van der Waals surface area contributed by atoms with E-state index in [0.29, 0.717) is 30.4 Å². The molecule has 0 unspecified atom stereocenters. The summed E-state index contributed by atoms with van der Waals surface area (Å²) in [7, 11) is 0. The Hall–Kier alpha value is -3.15. The molecule has 1 aliphatic heterocycles. The summed E-state index contributed by atoms with van der Waals surface area (Å²) in [4.78, 5) is 33.8. The van der Waals surface area contributed by atoms with Crippen LogP contribution in [0, 0.1) is 10.1 Å². The third-order valence-corrected chi connectivity index (χ3v) is 3.79. The van der Waals surface area contributed by atoms with Gasteiger partial charge in [-0.15, -0.1) is 0 Å². The minimum Gasteiger partial charge on any atom is -0.486 e. The second kappa shape index (κ2) is 7.39. The van der Waals surface area contributed by atoms with Crippen LogP contribution in [0.1, 0.15) is 0 Å². The van der Waals surface area contributed by atoms with E-state index in [1.54, 1.807) is 18.2 Å². The number of ether oxygens (including phenoxy) is 2. The Morgan fingerprint density at radius 1 is 1.31 bits per heavy atom. The van der Waals surface area contributed by atoms with E-state index in [2.05, 4.69) is 31.7 Å². The number of halogens is 1. The van der Waals surface area contributed by atoms with E-state index >= 15 is 0 Å². The Morgan fingerprint density at radius 2 is 2.04 bits per heavy atom. The van der Waals surface area contributed by atoms with Crippen LogP contribution in [0.5, 0.6) is 11.5 Å². The number of imide groups is 1. The molecule has 3 amide bonds. The van der Waals surface area contributed by atoms with E-state index in [1.807, 2.05) is 0 Å². The van der Waals surface area contributed by atoms with Crippen molar-refractivity contribution in [3.8, 4) is 11.5 Å². The van der Waals surface area contributed by atoms with Gasteiger partial charge in [-0.25, -0.2) is 4.79 Å². The van der Waals surface area contributed by atoms with Gasteiger partial charge in [0.1, 0.15) is 24.2 Å². The molecule has 26 heavy (non-hydrogen) atoms. The first-order valence-corrected chi connectivity index (χ1v) is 8.09. The van der Waals surface area contributed by atoms with Crippen molar-refractivity contribution in [3.63, 3.8) is 0 Å². The zero-order valence-corrected chi connectivity index (χ0v) is 14.7. The summed E-state index contributed by atoms with van der Waals surface area (Å²) in [5.74, 6) is -0.0401. The zero-order chi connectivity index (χ0) is 18.7. The highest BCUT2D eigenvalue weighted by Crippen LogP contribution is 2.32. The average molecular weight is 426 g/mol. The number of nitrogens with one attached hydrogen (secondary N) is 2. The number of urea groups is 1. The van der Waals surface area contributed by atoms with Crippen LogP contribution in [-0.2, 0) is 11.3 Å². The van der Waals surface area contributed by atoms with Gasteiger partial charge in [0.15, 0.2) is 11.5 Å². The molecule has 0 fully saturated rings. The Kier molecular flexibility index (Phi) is 5.02. The molecular weight excluding hydrogens is 414 g/mol. The number of nitrogens with zero attached hydrogens (tertiary/aromatic N) is 3. The summed E-state index contributed by atoms with van der Waals surface area (Å²) in [5, 5.41) is 19.0. The number of nitro groups is 1. The predicted octanol–water partition coefficient (Wildman–Crippen LogP) is 1.67. The third-order valence-electron chi connectivity index (χ3n) is 3.23. The molecule has 0 spiro atoms. The molecule has 2 aromatic rings. The van der Waals surface area contributed by atoms with Crippen LogP contribution in [0.4, 0.5) is 16.3 Å². The second-order valence-electron chi connectivity index (χ2n) is 5.12. The van der Waals surface area contributed by atoms with Crippen LogP contribution in [0.15, 0.2) is 28.9 Å². The van der Waals surface area contributed by atoms with Crippen LogP contribution < -0.4 is 20.1 Å². The van der Waals surface area contributed by atoms with Gasteiger partial charge in [0.05, 0.1) is 11.3 Å². The summed E-state index contributed by atoms with van der Waals surface area (Å²) in [5.41, 5.74) is 0.414. The molecule has 136 valence electrons. The van der Waals surface area contributed by atoms with Crippen molar-refractivity contribution in [1.29, 1.82) is 0 Å². The monoisotopic (exact) mass is 425 g/mol. The van der Waals surface area contributed by atoms with Gasteiger partial charge in [-0.2, -0.15) is 4.68 Å². The first kappa shape index (κ1) is 17.7. The highest BCUT2D eigenvalue weighted by atomic mass is 79.9. The minimum absolute atomic E-state index is 0.135. The molecule has 12 heteroatoms. The zero-order valence-electron chi connectivity index (χ0n) is 13.1. The van der Waals surface area contributed by atoms with E-state index in [9.17, 15) is 19.7 Å². The fourth-order valence-corrected chi connectivity index (χ4v) is 2.65. The summed E-state index contributed by atoms with van der Waals surface area (Å²) in [6, 6.07) is 4.07. The summed E-state index contributed by atoms with van der Waals surface area (Å²) in [6.07, 6.45) is 1.27. The molecule has 3 rings (SSSR count). The standard InChI is InChI=1S/C14H12BrN5O6/c15-9-6-19(18-13(9)20(23)24)7-12(21)17-14(22)16-8-1-2-10-11(5-8)26-4-3-25-10/h1-2,5-6H,3-4,7H2,(H2,16,17,21,22). The molecule has 0 saturated carbocycles. The van der Waals surface area contributed by atoms with Gasteiger partial charge >= 0.3 is 11.8 Å². The van der Waals surface area contributed by atoms with Crippen molar-refractivity contribution >= 4 is 39.4 Å². The number of hydrogen-bond donors (Lipinski definition) is 2. The second-order valence-corrected chi connectivity index (χ2v) is 5.97. The number of hydrogen-bond acceptors (Lipinski definition) is 7. The molecule has 0 atom stereocenters. The number of fused-ring (bicyclic) bond motifs is 1. The van der Waals surface area contributed by atoms with Gasteiger partial charge in [0.2, 0.25) is 0 Å². The fourth-order valence-electron chi connectivity index (χ4n) is 2.19. The number of aromatic nitrogens is 2. The molecule has 1 aromatic carbocycles. The molecule has 2 heterocycles. The first-order valence-electron chi connectivity index (χ1n) is 7.30. The van der Waals surface area contributed by atoms with Crippen LogP contribution in [0.2, 0.25) is 0 Å². The molecule has 0 bridgehead atoms. The SMILES string of the molecule is O=C(Cn1cc(Br)c([N+](=O)[O-])n1)NC(=O)Nc1ccc2c(c1)OCCO2. The van der Waals surface area contributed by atoms with Crippen molar-refractivity contribution in [3.05, 3.63) is 39.0 Å². The maximum Gasteiger partial charge on any atom is 0.404 e. The molecule has 1 aromatic heterocycles. The van der Waals surface area contributed by atoms with E-state index < -0.39 is 22.7 Å². The van der Waals surface area contributed by atoms with Crippen LogP contribution >= 0.6 is 15.9 Å². The van der Waals surface area contributed by atoms with Crippen LogP contribution in [-0.4, -0.2) is 39.9 Å². The van der Waals surface area contributed by atoms with Crippen molar-refractivity contribution in [2.45, 2.75) is 6.54 Å². The predicted molar refractivity (Wildman–Crippen MR) is 91.2 cm³/mol. The van der Waals surface area contributed by atoms with Gasteiger partial charge in [0, 0.05) is 11.8 Å². The minimum atomic E-state index is -0.757. The lowest BCUT2D eigenvalue weighted by molar-refractivity contribution is -0.390. The Morgan fingerprint density at radius 3 is 2.73 bits per heavy atom. The van der Waals surface area contributed by atoms with Crippen molar-refractivity contribution in [2.75, 3.05) is 18.5 Å². The average Bonchev–Trinajstić information content (AvgIpc) is 2.95. The van der Waals surface area contributed by atoms with Gasteiger partial charge in [-0.05, 0) is 33.0 Å². The first-order chi connectivity index (χ1) is 12.4. The maximum atomic E-state index is 11.9. The largest absolute Gasteiger partial charge is 0.486 e. The van der Waals surface area contributed by atoms with Crippen molar-refractivity contribution in [1.82, 2.24) is 15.1 Å². The quantitative estimate of drug-likeness (QED) is 0.560. The number of anilines is 1. The molecule has 2 N–H and O–H groups in total. The van der Waals surface area contributed by atoms with E-state index in [1.165, 1.54) is 6.20 Å². The Labute approximate surface area is 154 Å². The third kappa shape index (κ3) is 4.08. The molecule has 11 nitrogen and oxygen atoms in total. The number of carbonyl (C=O) groups excluding carboxylic acids is 2. The van der Waals surface area contributed by atoms with Crippen molar-refractivity contribution < 1.29 is 24.0 Å². The van der Waals surface area contributed by atoms with Gasteiger partial charge in [0.25, 0.3) is 5.91 Å². The van der Waals surface area contributed by atoms with Gasteiger partial charge in [-0.3, -0.25) is 10.1 Å². The maximum absolute atomic E-state index is 11.9. The summed E-state index contributed by atoms with van der Waals surface area (Å²) >= 11 is 2.97. The van der Waals surface area contributed by atoms with Crippen LogP contribution in [0.3, 0.4) is 0 Å². The van der Waals surface area contributed by atoms with Gasteiger partial charge < -0.3 is 24.9 Å². The smallest absolute Gasteiger partial charge is 0.404 e. The molecule has 0 saturated heterocycles. The summed E-state index contributed by atoms with van der Waals surface area (Å²) < 4.78 is 12.0. The molecule has 0 aliphatic carbocycles. The lowest BCUT2D eigenvalue weighted by Gasteiger charge is -2.19. The van der Waals surface area contributed by atoms with E-state index in [0.717, 1.165) is 4.68 Å². The van der Waals surface area contributed by atoms with E-state index in [4.69, 9.17) is 9.47 Å². The topological polar surface area (TPSA) is 138 Å². The molecular formula is C14H12BrN5O6. The molecule has 0 radical (unpaired) electrons. The summed E-state index contributed by atoms with van der Waals surface area (Å²) in [6.45, 7) is 0.504. The highest BCUT2D eigenvalue weighted by Gasteiger charge is 2.20. The van der Waals surface area contributed by atoms with Crippen LogP contribution in [0.25, 0.3) is 0 Å². The lowest BCUT2D eigenvalue weighted by Crippen LogP contribution is -2.36. The highest BCUT2D eigenvalue weighted by molar-refractivity contribution is 9.10. The number of carbonyl (C=O) groups is 2. The number of benzene rings is 1. The Balaban J connectivity index is 1.57. The number of rotatable bonds is 4. The van der Waals surface area contributed by atoms with Crippen molar-refractivity contribution in [2.24, 2.45) is 0 Å². The fraction of sp³-hybridized carbons (Fsp3) is 0.214. The normalized spacial score (nSPS) is 12.3. The van der Waals surface area contributed by atoms with E-state index in [-0.39, 0.29) is 11.0 Å². The Bertz CT molecular complexity index is 883. The number of amides is 3. The lowest BCUT2D eigenvalue weighted by atomic mass is 10.2. The molecule has 1 aliphatic rings.